The van der Waals surface area contributed by atoms with Crippen LogP contribution in [-0.2, 0) is 0 Å². The van der Waals surface area contributed by atoms with Crippen molar-refractivity contribution < 1.29 is 10.2 Å². The van der Waals surface area contributed by atoms with Gasteiger partial charge in [0.25, 0.3) is 0 Å². The highest BCUT2D eigenvalue weighted by molar-refractivity contribution is 5.45. The predicted octanol–water partition coefficient (Wildman–Crippen LogP) is 3.82. The Balaban J connectivity index is 2.15. The summed E-state index contributed by atoms with van der Waals surface area (Å²) in [6, 6.07) is 13.1. The van der Waals surface area contributed by atoms with E-state index in [0.717, 1.165) is 0 Å². The molecule has 0 saturated heterocycles. The van der Waals surface area contributed by atoms with Crippen LogP contribution in [0.3, 0.4) is 0 Å². The third-order valence-electron chi connectivity index (χ3n) is 3.57. The van der Waals surface area contributed by atoms with Gasteiger partial charge in [0, 0.05) is 12.1 Å². The zero-order valence-corrected chi connectivity index (χ0v) is 12.1. The van der Waals surface area contributed by atoms with Crippen molar-refractivity contribution in [1.29, 1.82) is 0 Å². The van der Waals surface area contributed by atoms with Crippen LogP contribution in [0.25, 0.3) is 0 Å². The second-order valence-corrected chi connectivity index (χ2v) is 5.23. The molecule has 2 rings (SSSR count). The highest BCUT2D eigenvalue weighted by atomic mass is 16.3. The van der Waals surface area contributed by atoms with E-state index in [-0.39, 0.29) is 23.6 Å². The highest BCUT2D eigenvalue weighted by Gasteiger charge is 2.17. The summed E-state index contributed by atoms with van der Waals surface area (Å²) in [4.78, 5) is 0. The van der Waals surface area contributed by atoms with Gasteiger partial charge in [-0.3, -0.25) is 0 Å². The summed E-state index contributed by atoms with van der Waals surface area (Å²) >= 11 is 0. The van der Waals surface area contributed by atoms with E-state index in [1.807, 2.05) is 6.92 Å². The molecule has 0 bridgehead atoms. The minimum absolute atomic E-state index is 0.112. The Hall–Kier alpha value is -2.00. The molecule has 1 unspecified atom stereocenters. The van der Waals surface area contributed by atoms with Crippen molar-refractivity contribution >= 4 is 0 Å². The molecular formula is C17H21NO2. The van der Waals surface area contributed by atoms with Gasteiger partial charge in [-0.1, -0.05) is 35.9 Å². The Labute approximate surface area is 119 Å². The lowest BCUT2D eigenvalue weighted by Gasteiger charge is -2.22. The van der Waals surface area contributed by atoms with Crippen LogP contribution in [0.1, 0.15) is 42.6 Å². The van der Waals surface area contributed by atoms with E-state index in [9.17, 15) is 10.2 Å². The zero-order chi connectivity index (χ0) is 14.7. The molecule has 0 radical (unpaired) electrons. The molecule has 0 fully saturated rings. The molecule has 0 aliphatic heterocycles. The summed E-state index contributed by atoms with van der Waals surface area (Å²) in [5, 5.41) is 23.2. The first-order valence-corrected chi connectivity index (χ1v) is 6.82. The van der Waals surface area contributed by atoms with E-state index >= 15 is 0 Å². The number of rotatable bonds is 4. The Bertz CT molecular complexity index is 558. The Kier molecular flexibility index (Phi) is 4.30. The summed E-state index contributed by atoms with van der Waals surface area (Å²) in [6.45, 7) is 6.06. The molecule has 0 aliphatic carbocycles. The summed E-state index contributed by atoms with van der Waals surface area (Å²) in [5.41, 5.74) is 2.94. The molecule has 0 saturated carbocycles. The van der Waals surface area contributed by atoms with Crippen LogP contribution >= 0.6 is 0 Å². The molecule has 3 N–H and O–H groups in total. The maximum absolute atomic E-state index is 9.88. The molecule has 106 valence electrons. The fourth-order valence-electron chi connectivity index (χ4n) is 2.39. The molecule has 20 heavy (non-hydrogen) atoms. The summed E-state index contributed by atoms with van der Waals surface area (Å²) < 4.78 is 0. The number of phenolic OH excluding ortho intramolecular Hbond substituents is 2. The van der Waals surface area contributed by atoms with Gasteiger partial charge in [-0.15, -0.1) is 0 Å². The molecule has 3 nitrogen and oxygen atoms in total. The predicted molar refractivity (Wildman–Crippen MR) is 80.9 cm³/mol. The lowest BCUT2D eigenvalue weighted by Crippen LogP contribution is -2.22. The van der Waals surface area contributed by atoms with E-state index in [1.54, 1.807) is 18.2 Å². The van der Waals surface area contributed by atoms with Gasteiger partial charge in [0.05, 0.1) is 5.56 Å². The molecule has 0 aliphatic rings. The molecule has 2 aromatic rings. The number of benzene rings is 2. The van der Waals surface area contributed by atoms with Crippen molar-refractivity contribution in [3.63, 3.8) is 0 Å². The number of nitrogens with one attached hydrogen (secondary N) is 1. The van der Waals surface area contributed by atoms with E-state index < -0.39 is 0 Å². The molecule has 0 amide bonds. The van der Waals surface area contributed by atoms with Crippen LogP contribution < -0.4 is 5.32 Å². The SMILES string of the molecule is Cc1ccc([C@H](C)NC(C)c2c(O)cccc2O)cc1. The molecule has 0 spiro atoms. The van der Waals surface area contributed by atoms with Crippen molar-refractivity contribution in [2.45, 2.75) is 32.9 Å². The van der Waals surface area contributed by atoms with Crippen molar-refractivity contribution in [2.24, 2.45) is 0 Å². The molecule has 0 aromatic heterocycles. The first-order valence-electron chi connectivity index (χ1n) is 6.82. The lowest BCUT2D eigenvalue weighted by atomic mass is 10.0. The Morgan fingerprint density at radius 1 is 0.850 bits per heavy atom. The van der Waals surface area contributed by atoms with Gasteiger partial charge >= 0.3 is 0 Å². The minimum atomic E-state index is -0.146. The average Bonchev–Trinajstić information content (AvgIpc) is 2.39. The first kappa shape index (κ1) is 14.4. The van der Waals surface area contributed by atoms with Gasteiger partial charge in [0.2, 0.25) is 0 Å². The topological polar surface area (TPSA) is 52.5 Å². The summed E-state index contributed by atoms with van der Waals surface area (Å²) in [7, 11) is 0. The van der Waals surface area contributed by atoms with Crippen molar-refractivity contribution in [2.75, 3.05) is 0 Å². The standard InChI is InChI=1S/C17H21NO2/c1-11-7-9-14(10-8-11)12(2)18-13(3)17-15(19)5-4-6-16(17)20/h4-10,12-13,18-20H,1-3H3/t12-,13?/m0/s1. The van der Waals surface area contributed by atoms with E-state index in [1.165, 1.54) is 11.1 Å². The third-order valence-corrected chi connectivity index (χ3v) is 3.57. The van der Waals surface area contributed by atoms with Crippen LogP contribution in [0.5, 0.6) is 11.5 Å². The second-order valence-electron chi connectivity index (χ2n) is 5.23. The van der Waals surface area contributed by atoms with Gasteiger partial charge in [-0.05, 0) is 38.5 Å². The van der Waals surface area contributed by atoms with E-state index in [0.29, 0.717) is 5.56 Å². The number of aromatic hydroxyl groups is 2. The monoisotopic (exact) mass is 271 g/mol. The quantitative estimate of drug-likeness (QED) is 0.792. The van der Waals surface area contributed by atoms with Gasteiger partial charge in [-0.25, -0.2) is 0 Å². The zero-order valence-electron chi connectivity index (χ0n) is 12.1. The third kappa shape index (κ3) is 3.11. The molecule has 2 atom stereocenters. The summed E-state index contributed by atoms with van der Waals surface area (Å²) in [6.07, 6.45) is 0. The van der Waals surface area contributed by atoms with Gasteiger partial charge in [0.15, 0.2) is 0 Å². The van der Waals surface area contributed by atoms with Crippen LogP contribution in [0.4, 0.5) is 0 Å². The van der Waals surface area contributed by atoms with E-state index in [2.05, 4.69) is 43.4 Å². The van der Waals surface area contributed by atoms with Gasteiger partial charge in [0.1, 0.15) is 11.5 Å². The Morgan fingerprint density at radius 2 is 1.40 bits per heavy atom. The molecule has 3 heteroatoms. The van der Waals surface area contributed by atoms with E-state index in [4.69, 9.17) is 0 Å². The minimum Gasteiger partial charge on any atom is -0.507 e. The number of phenols is 2. The first-order chi connectivity index (χ1) is 9.49. The smallest absolute Gasteiger partial charge is 0.124 e. The largest absolute Gasteiger partial charge is 0.507 e. The normalized spacial score (nSPS) is 13.9. The van der Waals surface area contributed by atoms with Crippen LogP contribution in [0, 0.1) is 6.92 Å². The van der Waals surface area contributed by atoms with Gasteiger partial charge < -0.3 is 15.5 Å². The van der Waals surface area contributed by atoms with Gasteiger partial charge in [-0.2, -0.15) is 0 Å². The Morgan fingerprint density at radius 3 is 1.95 bits per heavy atom. The molecule has 0 heterocycles. The maximum Gasteiger partial charge on any atom is 0.124 e. The fraction of sp³-hybridized carbons (Fsp3) is 0.294. The highest BCUT2D eigenvalue weighted by Crippen LogP contribution is 2.33. The van der Waals surface area contributed by atoms with Crippen molar-refractivity contribution in [3.8, 4) is 11.5 Å². The fourth-order valence-corrected chi connectivity index (χ4v) is 2.39. The van der Waals surface area contributed by atoms with Crippen LogP contribution in [0.15, 0.2) is 42.5 Å². The maximum atomic E-state index is 9.88. The molecule has 2 aromatic carbocycles. The number of aryl methyl sites for hydroxylation is 1. The van der Waals surface area contributed by atoms with Crippen LogP contribution in [0.2, 0.25) is 0 Å². The summed E-state index contributed by atoms with van der Waals surface area (Å²) in [5.74, 6) is 0.224. The molecular weight excluding hydrogens is 250 g/mol. The average molecular weight is 271 g/mol. The lowest BCUT2D eigenvalue weighted by molar-refractivity contribution is 0.407. The number of hydrogen-bond donors (Lipinski definition) is 3. The van der Waals surface area contributed by atoms with Crippen molar-refractivity contribution in [1.82, 2.24) is 5.32 Å². The second kappa shape index (κ2) is 5.97. The number of hydrogen-bond acceptors (Lipinski definition) is 3. The van der Waals surface area contributed by atoms with Crippen molar-refractivity contribution in [3.05, 3.63) is 59.2 Å². The van der Waals surface area contributed by atoms with Crippen LogP contribution in [-0.4, -0.2) is 10.2 Å².